The Bertz CT molecular complexity index is 599. The molecule has 0 fully saturated rings. The van der Waals surface area contributed by atoms with Crippen LogP contribution in [0.4, 0.5) is 0 Å². The largest absolute Gasteiger partial charge is 0.294 e. The van der Waals surface area contributed by atoms with Gasteiger partial charge in [0.05, 0.1) is 16.8 Å². The van der Waals surface area contributed by atoms with E-state index in [1.54, 1.807) is 4.52 Å². The Morgan fingerprint density at radius 2 is 2.00 bits per heavy atom. The Kier molecular flexibility index (Phi) is 3.57. The minimum atomic E-state index is -0.0190. The van der Waals surface area contributed by atoms with Crippen LogP contribution >= 0.6 is 15.9 Å². The molecule has 0 bridgehead atoms. The van der Waals surface area contributed by atoms with E-state index >= 15 is 0 Å². The van der Waals surface area contributed by atoms with Gasteiger partial charge < -0.3 is 0 Å². The Hall–Kier alpha value is -1.16. The van der Waals surface area contributed by atoms with Crippen molar-refractivity contribution in [1.29, 1.82) is 0 Å². The van der Waals surface area contributed by atoms with E-state index in [1.807, 2.05) is 32.2 Å². The molecule has 0 unspecified atom stereocenters. The van der Waals surface area contributed by atoms with Crippen LogP contribution in [0.5, 0.6) is 0 Å². The van der Waals surface area contributed by atoms with Crippen molar-refractivity contribution in [2.24, 2.45) is 5.92 Å². The van der Waals surface area contributed by atoms with Crippen LogP contribution in [-0.4, -0.2) is 15.4 Å². The highest BCUT2D eigenvalue weighted by molar-refractivity contribution is 9.10. The number of fused-ring (bicyclic) bond motifs is 1. The highest BCUT2D eigenvalue weighted by Crippen LogP contribution is 2.27. The van der Waals surface area contributed by atoms with Crippen molar-refractivity contribution in [2.75, 3.05) is 0 Å². The van der Waals surface area contributed by atoms with Gasteiger partial charge in [0.15, 0.2) is 5.78 Å². The summed E-state index contributed by atoms with van der Waals surface area (Å²) in [6.45, 7) is 7.98. The number of carbonyl (C=O) groups is 1. The van der Waals surface area contributed by atoms with Gasteiger partial charge >= 0.3 is 0 Å². The van der Waals surface area contributed by atoms with Crippen LogP contribution in [0.3, 0.4) is 0 Å². The van der Waals surface area contributed by atoms with Crippen molar-refractivity contribution in [3.8, 4) is 0 Å². The number of aromatic nitrogens is 2. The third kappa shape index (κ3) is 2.21. The highest BCUT2D eigenvalue weighted by atomic mass is 79.9. The molecule has 0 saturated heterocycles. The molecular formula is C14H17BrN2O. The summed E-state index contributed by atoms with van der Waals surface area (Å²) in [5.41, 5.74) is 2.53. The fourth-order valence-corrected chi connectivity index (χ4v) is 2.32. The molecule has 0 radical (unpaired) electrons. The summed E-state index contributed by atoms with van der Waals surface area (Å²) in [7, 11) is 0. The third-order valence-electron chi connectivity index (χ3n) is 2.94. The normalized spacial score (nSPS) is 11.7. The van der Waals surface area contributed by atoms with Gasteiger partial charge in [-0.15, -0.1) is 0 Å². The Morgan fingerprint density at radius 3 is 2.56 bits per heavy atom. The zero-order valence-corrected chi connectivity index (χ0v) is 12.7. The minimum absolute atomic E-state index is 0.0190. The van der Waals surface area contributed by atoms with Gasteiger partial charge in [0.1, 0.15) is 0 Å². The standard InChI is InChI=1S/C14H17BrN2O/c1-8(2)13-12(14(18)9(3)4)11-7-10(15)5-6-17(11)16-13/h5-9H,1-4H3. The van der Waals surface area contributed by atoms with Crippen LogP contribution in [0.1, 0.15) is 49.7 Å². The summed E-state index contributed by atoms with van der Waals surface area (Å²) < 4.78 is 2.75. The number of halogens is 1. The SMILES string of the molecule is CC(C)C(=O)c1c(C(C)C)nn2ccc(Br)cc12. The van der Waals surface area contributed by atoms with Crippen LogP contribution < -0.4 is 0 Å². The van der Waals surface area contributed by atoms with Crippen LogP contribution in [0.15, 0.2) is 22.8 Å². The predicted octanol–water partition coefficient (Wildman–Crippen LogP) is 4.06. The molecule has 0 aliphatic carbocycles. The molecule has 96 valence electrons. The number of carbonyl (C=O) groups excluding carboxylic acids is 1. The summed E-state index contributed by atoms with van der Waals surface area (Å²) in [6.07, 6.45) is 1.88. The van der Waals surface area contributed by atoms with Crippen molar-refractivity contribution in [1.82, 2.24) is 9.61 Å². The van der Waals surface area contributed by atoms with Gasteiger partial charge in [-0.2, -0.15) is 5.10 Å². The molecule has 0 saturated carbocycles. The van der Waals surface area contributed by atoms with Crippen molar-refractivity contribution in [2.45, 2.75) is 33.6 Å². The van der Waals surface area contributed by atoms with E-state index in [4.69, 9.17) is 0 Å². The van der Waals surface area contributed by atoms with Gasteiger partial charge in [-0.3, -0.25) is 4.79 Å². The lowest BCUT2D eigenvalue weighted by molar-refractivity contribution is 0.0939. The summed E-state index contributed by atoms with van der Waals surface area (Å²) in [5, 5.41) is 4.53. The van der Waals surface area contributed by atoms with Crippen molar-refractivity contribution in [3.63, 3.8) is 0 Å². The number of hydrogen-bond donors (Lipinski definition) is 0. The van der Waals surface area contributed by atoms with Crippen LogP contribution in [0.2, 0.25) is 0 Å². The van der Waals surface area contributed by atoms with E-state index in [9.17, 15) is 4.79 Å². The Balaban J connectivity index is 2.76. The molecule has 3 nitrogen and oxygen atoms in total. The smallest absolute Gasteiger partial charge is 0.169 e. The van der Waals surface area contributed by atoms with Gasteiger partial charge in [0, 0.05) is 16.6 Å². The monoisotopic (exact) mass is 308 g/mol. The number of hydrogen-bond acceptors (Lipinski definition) is 2. The first-order chi connectivity index (χ1) is 8.41. The van der Waals surface area contributed by atoms with Crippen LogP contribution in [-0.2, 0) is 0 Å². The maximum absolute atomic E-state index is 12.4. The lowest BCUT2D eigenvalue weighted by atomic mass is 9.95. The first-order valence-electron chi connectivity index (χ1n) is 6.13. The van der Waals surface area contributed by atoms with Gasteiger partial charge in [0.2, 0.25) is 0 Å². The molecule has 0 atom stereocenters. The molecule has 18 heavy (non-hydrogen) atoms. The molecule has 0 aromatic carbocycles. The maximum atomic E-state index is 12.4. The van der Waals surface area contributed by atoms with Gasteiger partial charge in [-0.1, -0.05) is 43.6 Å². The second-order valence-electron chi connectivity index (χ2n) is 5.11. The number of rotatable bonds is 3. The van der Waals surface area contributed by atoms with E-state index in [-0.39, 0.29) is 17.6 Å². The van der Waals surface area contributed by atoms with Crippen LogP contribution in [0.25, 0.3) is 5.52 Å². The third-order valence-corrected chi connectivity index (χ3v) is 3.44. The summed E-state index contributed by atoms with van der Waals surface area (Å²) >= 11 is 3.45. The van der Waals surface area contributed by atoms with Crippen molar-refractivity contribution >= 4 is 27.2 Å². The topological polar surface area (TPSA) is 34.4 Å². The lowest BCUT2D eigenvalue weighted by Gasteiger charge is -2.07. The summed E-state index contributed by atoms with van der Waals surface area (Å²) in [6, 6.07) is 3.88. The zero-order valence-electron chi connectivity index (χ0n) is 11.1. The molecule has 2 heterocycles. The number of pyridine rings is 1. The van der Waals surface area contributed by atoms with Gasteiger partial charge in [0.25, 0.3) is 0 Å². The number of nitrogens with zero attached hydrogens (tertiary/aromatic N) is 2. The van der Waals surface area contributed by atoms with Gasteiger partial charge in [-0.05, 0) is 18.1 Å². The second-order valence-corrected chi connectivity index (χ2v) is 6.02. The number of ketones is 1. The van der Waals surface area contributed by atoms with E-state index in [0.717, 1.165) is 21.2 Å². The molecule has 2 rings (SSSR count). The highest BCUT2D eigenvalue weighted by Gasteiger charge is 2.23. The quantitative estimate of drug-likeness (QED) is 0.801. The first kappa shape index (κ1) is 13.3. The maximum Gasteiger partial charge on any atom is 0.169 e. The Morgan fingerprint density at radius 1 is 1.33 bits per heavy atom. The fraction of sp³-hybridized carbons (Fsp3) is 0.429. The molecule has 2 aromatic rings. The van der Waals surface area contributed by atoms with E-state index in [1.165, 1.54) is 0 Å². The van der Waals surface area contributed by atoms with E-state index in [0.29, 0.717) is 0 Å². The second kappa shape index (κ2) is 4.84. The molecule has 0 N–H and O–H groups in total. The van der Waals surface area contributed by atoms with Gasteiger partial charge in [-0.25, -0.2) is 4.52 Å². The summed E-state index contributed by atoms with van der Waals surface area (Å²) in [5.74, 6) is 0.377. The van der Waals surface area contributed by atoms with Crippen molar-refractivity contribution < 1.29 is 4.79 Å². The molecule has 0 spiro atoms. The van der Waals surface area contributed by atoms with Crippen LogP contribution in [0, 0.1) is 5.92 Å². The molecule has 4 heteroatoms. The van der Waals surface area contributed by atoms with Crippen molar-refractivity contribution in [3.05, 3.63) is 34.1 Å². The molecule has 0 amide bonds. The zero-order chi connectivity index (χ0) is 13.4. The predicted molar refractivity (Wildman–Crippen MR) is 76.1 cm³/mol. The molecular weight excluding hydrogens is 292 g/mol. The lowest BCUT2D eigenvalue weighted by Crippen LogP contribution is -2.10. The average molecular weight is 309 g/mol. The van der Waals surface area contributed by atoms with E-state index in [2.05, 4.69) is 34.9 Å². The average Bonchev–Trinajstić information content (AvgIpc) is 2.66. The minimum Gasteiger partial charge on any atom is -0.294 e. The molecule has 2 aromatic heterocycles. The number of Topliss-reactive ketones (excluding diaryl/α,β-unsaturated/α-hetero) is 1. The first-order valence-corrected chi connectivity index (χ1v) is 6.93. The fourth-order valence-electron chi connectivity index (χ4n) is 1.98. The Labute approximate surface area is 115 Å². The molecule has 0 aliphatic rings. The summed E-state index contributed by atoms with van der Waals surface area (Å²) in [4.78, 5) is 12.4. The van der Waals surface area contributed by atoms with E-state index < -0.39 is 0 Å². The molecule has 0 aliphatic heterocycles.